The van der Waals surface area contributed by atoms with Gasteiger partial charge in [0.25, 0.3) is 5.60 Å². The second-order valence-corrected chi connectivity index (χ2v) is 13.2. The Morgan fingerprint density at radius 1 is 1.20 bits per heavy atom. The van der Waals surface area contributed by atoms with E-state index < -0.39 is 28.7 Å². The monoisotopic (exact) mass is 615 g/mol. The van der Waals surface area contributed by atoms with Crippen LogP contribution in [0.5, 0.6) is 0 Å². The predicted octanol–water partition coefficient (Wildman–Crippen LogP) is 3.90. The number of aliphatic hydroxyl groups excluding tert-OH is 1. The molecule has 0 amide bonds. The number of ether oxygens (including phenoxy) is 2. The van der Waals surface area contributed by atoms with E-state index in [1.165, 1.54) is 0 Å². The molecule has 45 heavy (non-hydrogen) atoms. The van der Waals surface area contributed by atoms with E-state index in [0.29, 0.717) is 42.6 Å². The van der Waals surface area contributed by atoms with Gasteiger partial charge in [-0.15, -0.1) is 0 Å². The standard InChI is InChI=1S/C36H45N3O6/c1-3-38-30-18-25-9-5-4-8-24(25)17-26(30)21-44-34(43)36-33(42)29-11-7-6-10-28(29)32(41)35(36,45-36)19-27(20-40)22(2)12-13-23-14-15-39-31(37)16-23/h5-7,9-11,14,16,24-26,30,38-40H,3-4,8,12-13,15,17-21,37H2,1-2H3. The third-order valence-corrected chi connectivity index (χ3v) is 10.6. The molecule has 6 unspecified atom stereocenters. The number of fused-ring (bicyclic) bond motifs is 3. The third-order valence-electron chi connectivity index (χ3n) is 10.6. The molecule has 9 nitrogen and oxygen atoms in total. The largest absolute Gasteiger partial charge is 0.463 e. The summed E-state index contributed by atoms with van der Waals surface area (Å²) in [7, 11) is 0. The van der Waals surface area contributed by atoms with E-state index in [1.54, 1.807) is 24.3 Å². The average molecular weight is 616 g/mol. The maximum atomic E-state index is 14.1. The van der Waals surface area contributed by atoms with Gasteiger partial charge in [-0.25, -0.2) is 4.79 Å². The summed E-state index contributed by atoms with van der Waals surface area (Å²) in [6.07, 6.45) is 13.9. The third kappa shape index (κ3) is 5.59. The van der Waals surface area contributed by atoms with E-state index in [4.69, 9.17) is 15.2 Å². The van der Waals surface area contributed by atoms with Gasteiger partial charge < -0.3 is 30.9 Å². The number of nitrogens with one attached hydrogen (secondary N) is 2. The summed E-state index contributed by atoms with van der Waals surface area (Å²) in [6.45, 7) is 5.26. The van der Waals surface area contributed by atoms with Gasteiger partial charge >= 0.3 is 5.97 Å². The number of hydrogen-bond acceptors (Lipinski definition) is 9. The zero-order valence-corrected chi connectivity index (χ0v) is 26.3. The lowest BCUT2D eigenvalue weighted by Gasteiger charge is -2.42. The Kier molecular flexibility index (Phi) is 8.87. The SMILES string of the molecule is CCNC1CC2C=CCCC2CC1COC(=O)C12OC1(CC(CO)=C(C)CCC1=CCNC(N)=C1)C(=O)c1ccccc1C2=O. The Labute approximate surface area is 265 Å². The van der Waals surface area contributed by atoms with Crippen LogP contribution >= 0.6 is 0 Å². The van der Waals surface area contributed by atoms with Gasteiger partial charge in [0.05, 0.1) is 19.0 Å². The van der Waals surface area contributed by atoms with Crippen LogP contribution in [-0.2, 0) is 14.3 Å². The van der Waals surface area contributed by atoms with Crippen molar-refractivity contribution >= 4 is 17.5 Å². The Morgan fingerprint density at radius 2 is 1.98 bits per heavy atom. The molecular weight excluding hydrogens is 570 g/mol. The minimum absolute atomic E-state index is 0.0680. The van der Waals surface area contributed by atoms with E-state index in [-0.39, 0.29) is 42.7 Å². The lowest BCUT2D eigenvalue weighted by atomic mass is 9.68. The molecule has 2 aliphatic heterocycles. The first-order valence-electron chi connectivity index (χ1n) is 16.4. The van der Waals surface area contributed by atoms with Crippen molar-refractivity contribution in [1.82, 2.24) is 10.6 Å². The molecule has 0 aromatic heterocycles. The van der Waals surface area contributed by atoms with Crippen LogP contribution in [0.25, 0.3) is 0 Å². The molecule has 0 bridgehead atoms. The van der Waals surface area contributed by atoms with Gasteiger partial charge in [-0.2, -0.15) is 0 Å². The van der Waals surface area contributed by atoms with Crippen LogP contribution in [0.4, 0.5) is 0 Å². The smallest absolute Gasteiger partial charge is 0.350 e. The summed E-state index contributed by atoms with van der Waals surface area (Å²) in [5.41, 5.74) is 5.04. The highest BCUT2D eigenvalue weighted by Crippen LogP contribution is 2.59. The second kappa shape index (κ2) is 12.7. The molecule has 1 saturated heterocycles. The summed E-state index contributed by atoms with van der Waals surface area (Å²) in [6, 6.07) is 6.72. The van der Waals surface area contributed by atoms with Crippen LogP contribution in [0.3, 0.4) is 0 Å². The molecule has 3 aliphatic carbocycles. The van der Waals surface area contributed by atoms with Crippen LogP contribution in [0, 0.1) is 17.8 Å². The maximum absolute atomic E-state index is 14.1. The Bertz CT molecular complexity index is 1490. The van der Waals surface area contributed by atoms with Gasteiger partial charge in [0, 0.05) is 36.1 Å². The summed E-state index contributed by atoms with van der Waals surface area (Å²) < 4.78 is 12.1. The quantitative estimate of drug-likeness (QED) is 0.126. The van der Waals surface area contributed by atoms with E-state index in [9.17, 15) is 19.5 Å². The maximum Gasteiger partial charge on any atom is 0.350 e. The molecule has 9 heteroatoms. The van der Waals surface area contributed by atoms with Crippen LogP contribution in [0.2, 0.25) is 0 Å². The second-order valence-electron chi connectivity index (χ2n) is 13.2. The number of hydrogen-bond donors (Lipinski definition) is 4. The predicted molar refractivity (Wildman–Crippen MR) is 170 cm³/mol. The minimum Gasteiger partial charge on any atom is -0.463 e. The van der Waals surface area contributed by atoms with Crippen LogP contribution in [0.15, 0.2) is 71.1 Å². The topological polar surface area (TPSA) is 143 Å². The first-order valence-corrected chi connectivity index (χ1v) is 16.4. The average Bonchev–Trinajstić information content (AvgIpc) is 3.75. The Hall–Kier alpha value is -3.53. The molecule has 0 radical (unpaired) electrons. The number of carbonyl (C=O) groups is 3. The zero-order valence-electron chi connectivity index (χ0n) is 26.3. The lowest BCUT2D eigenvalue weighted by Crippen LogP contribution is -2.52. The zero-order chi connectivity index (χ0) is 31.8. The number of nitrogens with two attached hydrogens (primary N) is 1. The number of Topliss-reactive ketones (excluding diaryl/α,β-unsaturated/α-hetero) is 2. The van der Waals surface area contributed by atoms with Crippen LogP contribution < -0.4 is 16.4 Å². The Morgan fingerprint density at radius 3 is 2.71 bits per heavy atom. The number of allylic oxidation sites excluding steroid dienone is 5. The summed E-state index contributed by atoms with van der Waals surface area (Å²) in [5, 5.41) is 17.1. The molecule has 1 aromatic rings. The van der Waals surface area contributed by atoms with E-state index in [2.05, 4.69) is 35.8 Å². The summed E-state index contributed by atoms with van der Waals surface area (Å²) in [5.74, 6) is -0.0287. The van der Waals surface area contributed by atoms with Crippen molar-refractivity contribution in [2.75, 3.05) is 26.3 Å². The highest BCUT2D eigenvalue weighted by atomic mass is 16.7. The fraction of sp³-hybridized carbons (Fsp3) is 0.528. The minimum atomic E-state index is -2.06. The molecule has 1 aromatic carbocycles. The molecule has 5 aliphatic rings. The molecule has 0 spiro atoms. The van der Waals surface area contributed by atoms with Crippen molar-refractivity contribution in [3.63, 3.8) is 0 Å². The summed E-state index contributed by atoms with van der Waals surface area (Å²) >= 11 is 0. The van der Waals surface area contributed by atoms with Gasteiger partial charge in [0.15, 0.2) is 11.4 Å². The number of esters is 1. The number of carbonyl (C=O) groups excluding carboxylic acids is 3. The lowest BCUT2D eigenvalue weighted by molar-refractivity contribution is -0.150. The first kappa shape index (κ1) is 31.5. The normalized spacial score (nSPS) is 32.2. The van der Waals surface area contributed by atoms with Gasteiger partial charge in [0.2, 0.25) is 5.78 Å². The highest BCUT2D eigenvalue weighted by molar-refractivity contribution is 6.32. The van der Waals surface area contributed by atoms with Crippen LogP contribution in [-0.4, -0.2) is 66.2 Å². The fourth-order valence-corrected chi connectivity index (χ4v) is 7.97. The number of benzene rings is 1. The molecular formula is C36H45N3O6. The van der Waals surface area contributed by atoms with Crippen molar-refractivity contribution in [2.24, 2.45) is 23.5 Å². The van der Waals surface area contributed by atoms with E-state index in [1.807, 2.05) is 13.0 Å². The number of dihydropyridines is 1. The molecule has 2 heterocycles. The van der Waals surface area contributed by atoms with Gasteiger partial charge in [0.1, 0.15) is 0 Å². The van der Waals surface area contributed by atoms with E-state index >= 15 is 0 Å². The highest BCUT2D eigenvalue weighted by Gasteiger charge is 2.85. The molecule has 6 atom stereocenters. The van der Waals surface area contributed by atoms with E-state index in [0.717, 1.165) is 43.4 Å². The molecule has 6 rings (SSSR count). The van der Waals surface area contributed by atoms with Crippen molar-refractivity contribution < 1.29 is 29.0 Å². The van der Waals surface area contributed by atoms with Crippen molar-refractivity contribution in [3.8, 4) is 0 Å². The van der Waals surface area contributed by atoms with Gasteiger partial charge in [-0.05, 0) is 81.1 Å². The number of epoxide rings is 1. The molecule has 2 fully saturated rings. The van der Waals surface area contributed by atoms with Crippen molar-refractivity contribution in [2.45, 2.75) is 76.0 Å². The number of ketones is 2. The number of aliphatic hydroxyl groups is 1. The molecule has 5 N–H and O–H groups in total. The molecule has 1 saturated carbocycles. The summed E-state index contributed by atoms with van der Waals surface area (Å²) in [4.78, 5) is 42.2. The Balaban J connectivity index is 1.25. The van der Waals surface area contributed by atoms with Crippen molar-refractivity contribution in [1.29, 1.82) is 0 Å². The van der Waals surface area contributed by atoms with Gasteiger partial charge in [-0.3, -0.25) is 9.59 Å². The first-order chi connectivity index (χ1) is 21.7. The van der Waals surface area contributed by atoms with Crippen molar-refractivity contribution in [3.05, 3.63) is 82.2 Å². The van der Waals surface area contributed by atoms with Gasteiger partial charge in [-0.1, -0.05) is 55.0 Å². The number of rotatable bonds is 11. The molecule has 240 valence electrons. The van der Waals surface area contributed by atoms with Crippen LogP contribution in [0.1, 0.15) is 79.5 Å². The fourth-order valence-electron chi connectivity index (χ4n) is 7.97.